The zero-order chi connectivity index (χ0) is 18.4. The van der Waals surface area contributed by atoms with E-state index in [9.17, 15) is 18.5 Å². The smallest absolute Gasteiger partial charge is 0.273 e. The van der Waals surface area contributed by atoms with Crippen LogP contribution in [0.1, 0.15) is 17.5 Å². The van der Waals surface area contributed by atoms with E-state index in [2.05, 4.69) is 0 Å². The molecule has 0 unspecified atom stereocenters. The number of rotatable bonds is 8. The van der Waals surface area contributed by atoms with Gasteiger partial charge in [-0.3, -0.25) is 10.1 Å². The first-order valence-corrected chi connectivity index (χ1v) is 9.30. The Hall–Kier alpha value is -2.00. The highest BCUT2D eigenvalue weighted by Crippen LogP contribution is 2.28. The number of hydrogen-bond acceptors (Lipinski definition) is 5. The molecule has 0 heterocycles. The van der Waals surface area contributed by atoms with Crippen molar-refractivity contribution in [2.45, 2.75) is 24.8 Å². The van der Waals surface area contributed by atoms with Gasteiger partial charge in [0.2, 0.25) is 10.0 Å². The summed E-state index contributed by atoms with van der Waals surface area (Å²) in [5.74, 6) is 0. The van der Waals surface area contributed by atoms with E-state index in [0.717, 1.165) is 5.56 Å². The van der Waals surface area contributed by atoms with Gasteiger partial charge in [-0.15, -0.1) is 12.4 Å². The van der Waals surface area contributed by atoms with Crippen molar-refractivity contribution in [2.24, 2.45) is 5.73 Å². The topological polar surface area (TPSA) is 107 Å². The number of nitrogens with two attached hydrogens (primary N) is 1. The fourth-order valence-corrected chi connectivity index (χ4v) is 4.27. The molecule has 7 nitrogen and oxygen atoms in total. The third kappa shape index (κ3) is 5.01. The van der Waals surface area contributed by atoms with Crippen LogP contribution >= 0.6 is 12.4 Å². The van der Waals surface area contributed by atoms with E-state index in [0.29, 0.717) is 13.0 Å². The van der Waals surface area contributed by atoms with Crippen LogP contribution in [0.5, 0.6) is 0 Å². The van der Waals surface area contributed by atoms with Gasteiger partial charge in [0.25, 0.3) is 5.69 Å². The van der Waals surface area contributed by atoms with Gasteiger partial charge >= 0.3 is 0 Å². The molecule has 0 saturated carbocycles. The Morgan fingerprint density at radius 1 is 1.12 bits per heavy atom. The monoisotopic (exact) mass is 399 g/mol. The zero-order valence-electron chi connectivity index (χ0n) is 14.4. The van der Waals surface area contributed by atoms with Gasteiger partial charge in [-0.05, 0) is 31.5 Å². The lowest BCUT2D eigenvalue weighted by molar-refractivity contribution is -0.385. The number of nitro groups is 1. The van der Waals surface area contributed by atoms with Gasteiger partial charge < -0.3 is 5.73 Å². The molecule has 0 aliphatic carbocycles. The van der Waals surface area contributed by atoms with Gasteiger partial charge in [-0.25, -0.2) is 8.42 Å². The molecule has 0 atom stereocenters. The average Bonchev–Trinajstić information content (AvgIpc) is 2.59. The highest BCUT2D eigenvalue weighted by molar-refractivity contribution is 7.89. The Morgan fingerprint density at radius 2 is 1.77 bits per heavy atom. The highest BCUT2D eigenvalue weighted by atomic mass is 35.5. The van der Waals surface area contributed by atoms with Crippen LogP contribution in [0.4, 0.5) is 5.69 Å². The van der Waals surface area contributed by atoms with Crippen molar-refractivity contribution in [2.75, 3.05) is 13.1 Å². The molecule has 9 heteroatoms. The highest BCUT2D eigenvalue weighted by Gasteiger charge is 2.28. The van der Waals surface area contributed by atoms with Gasteiger partial charge in [-0.2, -0.15) is 4.31 Å². The Bertz CT molecular complexity index is 844. The molecule has 142 valence electrons. The summed E-state index contributed by atoms with van der Waals surface area (Å²) >= 11 is 0. The normalized spacial score (nSPS) is 11.2. The van der Waals surface area contributed by atoms with Crippen LogP contribution in [-0.4, -0.2) is 30.7 Å². The van der Waals surface area contributed by atoms with E-state index in [1.807, 2.05) is 30.3 Å². The van der Waals surface area contributed by atoms with Crippen LogP contribution in [0.15, 0.2) is 53.4 Å². The van der Waals surface area contributed by atoms with E-state index in [-0.39, 0.29) is 41.6 Å². The summed E-state index contributed by atoms with van der Waals surface area (Å²) < 4.78 is 27.5. The van der Waals surface area contributed by atoms with Crippen LogP contribution in [0.2, 0.25) is 0 Å². The molecular formula is C17H22ClN3O4S. The maximum atomic E-state index is 13.1. The number of halogens is 1. The molecule has 0 fully saturated rings. The van der Waals surface area contributed by atoms with E-state index < -0.39 is 14.9 Å². The van der Waals surface area contributed by atoms with Crippen molar-refractivity contribution in [1.29, 1.82) is 0 Å². The first-order chi connectivity index (χ1) is 11.9. The molecule has 0 spiro atoms. The fraction of sp³-hybridized carbons (Fsp3) is 0.294. The Kier molecular flexibility index (Phi) is 8.16. The fourth-order valence-electron chi connectivity index (χ4n) is 2.56. The minimum atomic E-state index is -3.88. The molecule has 2 N–H and O–H groups in total. The van der Waals surface area contributed by atoms with Gasteiger partial charge in [0.05, 0.1) is 9.82 Å². The van der Waals surface area contributed by atoms with Crippen molar-refractivity contribution < 1.29 is 13.3 Å². The average molecular weight is 400 g/mol. The number of nitro benzene ring substituents is 1. The van der Waals surface area contributed by atoms with Crippen molar-refractivity contribution in [3.05, 3.63) is 69.8 Å². The number of sulfonamides is 1. The van der Waals surface area contributed by atoms with Crippen LogP contribution in [0.25, 0.3) is 0 Å². The predicted octanol–water partition coefficient (Wildman–Crippen LogP) is 2.86. The van der Waals surface area contributed by atoms with Crippen LogP contribution in [0, 0.1) is 17.0 Å². The Labute approximate surface area is 159 Å². The number of hydrogen-bond donors (Lipinski definition) is 1. The second-order valence-corrected chi connectivity index (χ2v) is 7.53. The van der Waals surface area contributed by atoms with E-state index in [1.54, 1.807) is 0 Å². The first kappa shape index (κ1) is 22.0. The van der Waals surface area contributed by atoms with Crippen molar-refractivity contribution in [1.82, 2.24) is 4.31 Å². The van der Waals surface area contributed by atoms with Gasteiger partial charge in [0.15, 0.2) is 0 Å². The van der Waals surface area contributed by atoms with Crippen molar-refractivity contribution in [3.63, 3.8) is 0 Å². The van der Waals surface area contributed by atoms with E-state index in [1.165, 1.54) is 29.4 Å². The summed E-state index contributed by atoms with van der Waals surface area (Å²) in [7, 11) is -3.88. The SMILES string of the molecule is Cc1c([N+](=O)[O-])cccc1S(=O)(=O)N(CCCN)Cc1ccccc1.Cl. The van der Waals surface area contributed by atoms with Gasteiger partial charge in [-0.1, -0.05) is 36.4 Å². The minimum Gasteiger partial charge on any atom is -0.330 e. The summed E-state index contributed by atoms with van der Waals surface area (Å²) in [5, 5.41) is 11.1. The maximum absolute atomic E-state index is 13.1. The number of nitrogens with zero attached hydrogens (tertiary/aromatic N) is 2. The lowest BCUT2D eigenvalue weighted by Gasteiger charge is -2.23. The molecule has 26 heavy (non-hydrogen) atoms. The lowest BCUT2D eigenvalue weighted by Crippen LogP contribution is -2.33. The quantitative estimate of drug-likeness (QED) is 0.542. The summed E-state index contributed by atoms with van der Waals surface area (Å²) in [4.78, 5) is 10.5. The molecular weight excluding hydrogens is 378 g/mol. The van der Waals surface area contributed by atoms with Crippen LogP contribution in [-0.2, 0) is 16.6 Å². The van der Waals surface area contributed by atoms with Crippen molar-refractivity contribution in [3.8, 4) is 0 Å². The third-order valence-electron chi connectivity index (χ3n) is 3.88. The molecule has 0 radical (unpaired) electrons. The molecule has 2 rings (SSSR count). The summed E-state index contributed by atoms with van der Waals surface area (Å²) in [6.45, 7) is 2.24. The molecule has 0 aliphatic heterocycles. The zero-order valence-corrected chi connectivity index (χ0v) is 16.0. The maximum Gasteiger partial charge on any atom is 0.273 e. The van der Waals surface area contributed by atoms with Gasteiger partial charge in [0, 0.05) is 24.7 Å². The number of benzene rings is 2. The molecule has 0 bridgehead atoms. The predicted molar refractivity (Wildman–Crippen MR) is 103 cm³/mol. The van der Waals surface area contributed by atoms with Crippen LogP contribution < -0.4 is 5.73 Å². The van der Waals surface area contributed by atoms with E-state index in [4.69, 9.17) is 5.73 Å². The molecule has 0 aromatic heterocycles. The lowest BCUT2D eigenvalue weighted by atomic mass is 10.2. The summed E-state index contributed by atoms with van der Waals surface area (Å²) in [5.41, 5.74) is 6.30. The van der Waals surface area contributed by atoms with Crippen molar-refractivity contribution >= 4 is 28.1 Å². The third-order valence-corrected chi connectivity index (χ3v) is 5.87. The molecule has 2 aromatic carbocycles. The van der Waals surface area contributed by atoms with Crippen LogP contribution in [0.3, 0.4) is 0 Å². The summed E-state index contributed by atoms with van der Waals surface area (Å²) in [6, 6.07) is 13.3. The second kappa shape index (κ2) is 9.63. The first-order valence-electron chi connectivity index (χ1n) is 7.86. The second-order valence-electron chi connectivity index (χ2n) is 5.62. The minimum absolute atomic E-state index is 0. The van der Waals surface area contributed by atoms with E-state index >= 15 is 0 Å². The summed E-state index contributed by atoms with van der Waals surface area (Å²) in [6.07, 6.45) is 0.500. The Balaban J connectivity index is 0.00000338. The molecule has 0 saturated heterocycles. The Morgan fingerprint density at radius 3 is 2.35 bits per heavy atom. The largest absolute Gasteiger partial charge is 0.330 e. The standard InChI is InChI=1S/C17H21N3O4S.ClH/c1-14-16(20(21)22)9-5-10-17(14)25(23,24)19(12-6-11-18)13-15-7-3-2-4-8-15;/h2-5,7-10H,6,11-13,18H2,1H3;1H. The van der Waals surface area contributed by atoms with Gasteiger partial charge in [0.1, 0.15) is 0 Å². The molecule has 0 amide bonds. The molecule has 0 aliphatic rings. The molecule has 2 aromatic rings.